The fourth-order valence-corrected chi connectivity index (χ4v) is 2.44. The third-order valence-corrected chi connectivity index (χ3v) is 3.77. The van der Waals surface area contributed by atoms with Gasteiger partial charge in [0.15, 0.2) is 6.61 Å². The molecule has 0 atom stereocenters. The highest BCUT2D eigenvalue weighted by Crippen LogP contribution is 2.27. The standard InChI is InChI=1S/C19H19ClN2O5/c1-12-4-3-5-13(8-12)19(25)21-10-18(24)27-11-17(23)22-14-6-7-16(26-2)15(20)9-14/h3-9H,10-11H2,1-2H3,(H,21,25)(H,22,23). The quantitative estimate of drug-likeness (QED) is 0.709. The van der Waals surface area contributed by atoms with Crippen LogP contribution < -0.4 is 15.4 Å². The van der Waals surface area contributed by atoms with Gasteiger partial charge >= 0.3 is 5.97 Å². The molecule has 2 N–H and O–H groups in total. The number of halogens is 1. The number of nitrogens with one attached hydrogen (secondary N) is 2. The summed E-state index contributed by atoms with van der Waals surface area (Å²) in [6.45, 7) is 1.04. The summed E-state index contributed by atoms with van der Waals surface area (Å²) in [7, 11) is 1.48. The van der Waals surface area contributed by atoms with Gasteiger partial charge in [-0.15, -0.1) is 0 Å². The molecular weight excluding hydrogens is 372 g/mol. The largest absolute Gasteiger partial charge is 0.495 e. The van der Waals surface area contributed by atoms with Gasteiger partial charge in [-0.05, 0) is 37.3 Å². The van der Waals surface area contributed by atoms with Gasteiger partial charge in [0.1, 0.15) is 12.3 Å². The summed E-state index contributed by atoms with van der Waals surface area (Å²) in [6, 6.07) is 11.7. The monoisotopic (exact) mass is 390 g/mol. The average molecular weight is 391 g/mol. The fraction of sp³-hybridized carbons (Fsp3) is 0.211. The second kappa shape index (κ2) is 9.59. The number of ether oxygens (including phenoxy) is 2. The Kier molecular flexibility index (Phi) is 7.19. The summed E-state index contributed by atoms with van der Waals surface area (Å²) in [4.78, 5) is 35.5. The first kappa shape index (κ1) is 20.3. The maximum atomic E-state index is 11.9. The number of carbonyl (C=O) groups excluding carboxylic acids is 3. The molecule has 142 valence electrons. The smallest absolute Gasteiger partial charge is 0.325 e. The van der Waals surface area contributed by atoms with E-state index in [9.17, 15) is 14.4 Å². The Balaban J connectivity index is 1.75. The van der Waals surface area contributed by atoms with Crippen molar-refractivity contribution in [2.24, 2.45) is 0 Å². The van der Waals surface area contributed by atoms with Gasteiger partial charge in [0.05, 0.1) is 12.1 Å². The second-order valence-corrected chi connectivity index (χ2v) is 6.02. The van der Waals surface area contributed by atoms with Gasteiger partial charge in [0.25, 0.3) is 11.8 Å². The zero-order valence-electron chi connectivity index (χ0n) is 14.9. The minimum Gasteiger partial charge on any atom is -0.495 e. The number of esters is 1. The van der Waals surface area contributed by atoms with Crippen LogP contribution in [0.1, 0.15) is 15.9 Å². The summed E-state index contributed by atoms with van der Waals surface area (Å²) in [5.74, 6) is -1.17. The van der Waals surface area contributed by atoms with Crippen LogP contribution in [0.25, 0.3) is 0 Å². The van der Waals surface area contributed by atoms with E-state index in [0.29, 0.717) is 22.0 Å². The zero-order valence-corrected chi connectivity index (χ0v) is 15.6. The average Bonchev–Trinajstić information content (AvgIpc) is 2.64. The third kappa shape index (κ3) is 6.31. The molecule has 0 fully saturated rings. The van der Waals surface area contributed by atoms with E-state index in [-0.39, 0.29) is 6.54 Å². The van der Waals surface area contributed by atoms with Crippen LogP contribution in [0.4, 0.5) is 5.69 Å². The molecule has 8 heteroatoms. The van der Waals surface area contributed by atoms with Gasteiger partial charge < -0.3 is 20.1 Å². The van der Waals surface area contributed by atoms with Crippen LogP contribution in [-0.4, -0.2) is 38.0 Å². The molecule has 2 amide bonds. The van der Waals surface area contributed by atoms with Crippen molar-refractivity contribution in [2.75, 3.05) is 25.6 Å². The van der Waals surface area contributed by atoms with Gasteiger partial charge in [0, 0.05) is 11.3 Å². The van der Waals surface area contributed by atoms with E-state index >= 15 is 0 Å². The molecule has 0 saturated heterocycles. The number of benzene rings is 2. The molecular formula is C19H19ClN2O5. The van der Waals surface area contributed by atoms with Crippen molar-refractivity contribution < 1.29 is 23.9 Å². The Morgan fingerprint density at radius 3 is 2.56 bits per heavy atom. The lowest BCUT2D eigenvalue weighted by atomic mass is 10.1. The molecule has 2 aromatic carbocycles. The first-order valence-corrected chi connectivity index (χ1v) is 8.40. The number of methoxy groups -OCH3 is 1. The number of hydrogen-bond donors (Lipinski definition) is 2. The summed E-state index contributed by atoms with van der Waals surface area (Å²) in [5, 5.41) is 5.32. The summed E-state index contributed by atoms with van der Waals surface area (Å²) >= 11 is 5.97. The van der Waals surface area contributed by atoms with Crippen molar-refractivity contribution in [3.63, 3.8) is 0 Å². The Hall–Kier alpha value is -3.06. The number of amides is 2. The Morgan fingerprint density at radius 1 is 1.11 bits per heavy atom. The maximum Gasteiger partial charge on any atom is 0.325 e. The topological polar surface area (TPSA) is 93.7 Å². The van der Waals surface area contributed by atoms with Crippen LogP contribution in [0.2, 0.25) is 5.02 Å². The van der Waals surface area contributed by atoms with Crippen molar-refractivity contribution in [3.8, 4) is 5.75 Å². The van der Waals surface area contributed by atoms with Crippen LogP contribution in [0.3, 0.4) is 0 Å². The predicted octanol–water partition coefficient (Wildman–Crippen LogP) is 2.57. The van der Waals surface area contributed by atoms with Crippen LogP contribution in [-0.2, 0) is 14.3 Å². The van der Waals surface area contributed by atoms with Gasteiger partial charge in [-0.2, -0.15) is 0 Å². The Bertz CT molecular complexity index is 854. The normalized spacial score (nSPS) is 10.0. The number of aryl methyl sites for hydroxylation is 1. The third-order valence-electron chi connectivity index (χ3n) is 3.47. The molecule has 0 saturated carbocycles. The van der Waals surface area contributed by atoms with Crippen LogP contribution in [0.5, 0.6) is 5.75 Å². The van der Waals surface area contributed by atoms with Crippen LogP contribution in [0.15, 0.2) is 42.5 Å². The summed E-state index contributed by atoms with van der Waals surface area (Å²) in [6.07, 6.45) is 0. The van der Waals surface area contributed by atoms with E-state index in [4.69, 9.17) is 21.1 Å². The van der Waals surface area contributed by atoms with Crippen molar-refractivity contribution in [1.29, 1.82) is 0 Å². The number of hydrogen-bond acceptors (Lipinski definition) is 5. The molecule has 2 rings (SSSR count). The van der Waals surface area contributed by atoms with Gasteiger partial charge in [-0.25, -0.2) is 0 Å². The highest BCUT2D eigenvalue weighted by Gasteiger charge is 2.11. The van der Waals surface area contributed by atoms with Crippen LogP contribution >= 0.6 is 11.6 Å². The van der Waals surface area contributed by atoms with Crippen molar-refractivity contribution in [1.82, 2.24) is 5.32 Å². The molecule has 27 heavy (non-hydrogen) atoms. The van der Waals surface area contributed by atoms with E-state index < -0.39 is 24.4 Å². The lowest BCUT2D eigenvalue weighted by Crippen LogP contribution is -2.32. The van der Waals surface area contributed by atoms with Crippen molar-refractivity contribution in [3.05, 3.63) is 58.6 Å². The highest BCUT2D eigenvalue weighted by molar-refractivity contribution is 6.32. The van der Waals surface area contributed by atoms with Crippen molar-refractivity contribution >= 4 is 35.1 Å². The fourth-order valence-electron chi connectivity index (χ4n) is 2.18. The molecule has 0 bridgehead atoms. The summed E-state index contributed by atoms with van der Waals surface area (Å²) in [5.41, 5.74) is 1.81. The number of anilines is 1. The SMILES string of the molecule is COc1ccc(NC(=O)COC(=O)CNC(=O)c2cccc(C)c2)cc1Cl. The molecule has 0 spiro atoms. The summed E-state index contributed by atoms with van der Waals surface area (Å²) < 4.78 is 9.86. The predicted molar refractivity (Wildman–Crippen MR) is 101 cm³/mol. The number of carbonyl (C=O) groups is 3. The van der Waals surface area contributed by atoms with E-state index in [1.165, 1.54) is 13.2 Å². The lowest BCUT2D eigenvalue weighted by molar-refractivity contribution is -0.146. The van der Waals surface area contributed by atoms with Gasteiger partial charge in [-0.1, -0.05) is 29.3 Å². The molecule has 0 radical (unpaired) electrons. The molecule has 0 aliphatic heterocycles. The number of rotatable bonds is 7. The molecule has 0 aromatic heterocycles. The van der Waals surface area contributed by atoms with Gasteiger partial charge in [0.2, 0.25) is 0 Å². The molecule has 0 aliphatic rings. The molecule has 2 aromatic rings. The highest BCUT2D eigenvalue weighted by atomic mass is 35.5. The van der Waals surface area contributed by atoms with E-state index in [0.717, 1.165) is 5.56 Å². The molecule has 0 unspecified atom stereocenters. The lowest BCUT2D eigenvalue weighted by Gasteiger charge is -2.09. The zero-order chi connectivity index (χ0) is 19.8. The molecule has 0 aliphatic carbocycles. The molecule has 7 nitrogen and oxygen atoms in total. The first-order valence-electron chi connectivity index (χ1n) is 8.03. The van der Waals surface area contributed by atoms with Crippen molar-refractivity contribution in [2.45, 2.75) is 6.92 Å². The molecule has 0 heterocycles. The van der Waals surface area contributed by atoms with E-state index in [2.05, 4.69) is 10.6 Å². The second-order valence-electron chi connectivity index (χ2n) is 5.61. The maximum absolute atomic E-state index is 11.9. The minimum absolute atomic E-state index is 0.339. The Labute approximate surface area is 161 Å². The van der Waals surface area contributed by atoms with E-state index in [1.54, 1.807) is 30.3 Å². The van der Waals surface area contributed by atoms with E-state index in [1.807, 2.05) is 13.0 Å². The first-order chi connectivity index (χ1) is 12.9. The van der Waals surface area contributed by atoms with Crippen LogP contribution in [0, 0.1) is 6.92 Å². The minimum atomic E-state index is -0.723. The Morgan fingerprint density at radius 2 is 1.89 bits per heavy atom. The van der Waals surface area contributed by atoms with Gasteiger partial charge in [-0.3, -0.25) is 14.4 Å².